The predicted octanol–water partition coefficient (Wildman–Crippen LogP) is 1.36. The summed E-state index contributed by atoms with van der Waals surface area (Å²) < 4.78 is 5.30. The van der Waals surface area contributed by atoms with E-state index in [1.165, 1.54) is 38.8 Å². The second-order valence-corrected chi connectivity index (χ2v) is 6.69. The second-order valence-electron chi connectivity index (χ2n) is 6.69. The lowest BCUT2D eigenvalue weighted by molar-refractivity contribution is 0.197. The second kappa shape index (κ2) is 7.26. The number of aliphatic imine (C=N–C) groups is 1. The molecule has 0 unspecified atom stereocenters. The predicted molar refractivity (Wildman–Crippen MR) is 95.0 cm³/mol. The van der Waals surface area contributed by atoms with Gasteiger partial charge in [-0.2, -0.15) is 0 Å². The van der Waals surface area contributed by atoms with Crippen LogP contribution in [0.5, 0.6) is 0 Å². The van der Waals surface area contributed by atoms with E-state index in [0.29, 0.717) is 24.2 Å². The first-order valence-electron chi connectivity index (χ1n) is 8.98. The Kier molecular flexibility index (Phi) is 4.69. The third-order valence-corrected chi connectivity index (χ3v) is 4.85. The van der Waals surface area contributed by atoms with Gasteiger partial charge in [-0.25, -0.2) is 4.98 Å². The quantitative estimate of drug-likeness (QED) is 0.560. The molecule has 3 heterocycles. The zero-order chi connectivity index (χ0) is 17.1. The Labute approximate surface area is 147 Å². The summed E-state index contributed by atoms with van der Waals surface area (Å²) in [5, 5.41) is 13.9. The molecule has 0 atom stereocenters. The van der Waals surface area contributed by atoms with Crippen LogP contribution in [-0.2, 0) is 6.54 Å². The highest BCUT2D eigenvalue weighted by atomic mass is 16.3. The minimum Gasteiger partial charge on any atom is -0.461 e. The summed E-state index contributed by atoms with van der Waals surface area (Å²) in [6.45, 7) is 2.91. The zero-order valence-electron chi connectivity index (χ0n) is 14.5. The topological polar surface area (TPSA) is 94.4 Å². The largest absolute Gasteiger partial charge is 0.461 e. The lowest BCUT2D eigenvalue weighted by Crippen LogP contribution is -2.48. The van der Waals surface area contributed by atoms with E-state index < -0.39 is 0 Å². The number of likely N-dealkylation sites (tertiary alicyclic amines) is 1. The molecule has 2 fully saturated rings. The summed E-state index contributed by atoms with van der Waals surface area (Å²) in [4.78, 5) is 11.4. The molecule has 1 saturated heterocycles. The molecule has 2 aliphatic rings. The molecule has 25 heavy (non-hydrogen) atoms. The number of aromatic nitrogens is 3. The van der Waals surface area contributed by atoms with Gasteiger partial charge in [0, 0.05) is 32.2 Å². The Bertz CT molecular complexity index is 696. The van der Waals surface area contributed by atoms with Crippen molar-refractivity contribution in [2.75, 3.05) is 20.1 Å². The first-order chi connectivity index (χ1) is 12.3. The van der Waals surface area contributed by atoms with Crippen LogP contribution in [0.3, 0.4) is 0 Å². The molecular weight excluding hydrogens is 318 g/mol. The molecule has 0 amide bonds. The molecule has 0 spiro atoms. The number of aromatic amines is 1. The van der Waals surface area contributed by atoms with Crippen LogP contribution in [-0.4, -0.2) is 58.3 Å². The van der Waals surface area contributed by atoms with Crippen molar-refractivity contribution in [1.29, 1.82) is 0 Å². The van der Waals surface area contributed by atoms with Crippen molar-refractivity contribution in [1.82, 2.24) is 30.7 Å². The Hall–Kier alpha value is -2.35. The van der Waals surface area contributed by atoms with Crippen LogP contribution in [0.2, 0.25) is 0 Å². The highest BCUT2D eigenvalue weighted by Crippen LogP contribution is 2.29. The molecule has 1 aliphatic carbocycles. The van der Waals surface area contributed by atoms with Gasteiger partial charge in [0.25, 0.3) is 0 Å². The van der Waals surface area contributed by atoms with Crippen molar-refractivity contribution in [3.63, 3.8) is 0 Å². The first-order valence-corrected chi connectivity index (χ1v) is 8.98. The minimum absolute atomic E-state index is 0.481. The maximum Gasteiger partial charge on any atom is 0.216 e. The summed E-state index contributed by atoms with van der Waals surface area (Å²) in [5.41, 5.74) is 0. The van der Waals surface area contributed by atoms with Crippen LogP contribution in [0.1, 0.15) is 31.5 Å². The molecule has 134 valence electrons. The molecule has 4 rings (SSSR count). The average Bonchev–Trinajstić information content (AvgIpc) is 3.15. The van der Waals surface area contributed by atoms with Gasteiger partial charge < -0.3 is 20.0 Å². The lowest BCUT2D eigenvalue weighted by Gasteiger charge is -2.33. The van der Waals surface area contributed by atoms with Crippen molar-refractivity contribution >= 4 is 5.96 Å². The van der Waals surface area contributed by atoms with Crippen molar-refractivity contribution in [3.8, 4) is 11.6 Å². The summed E-state index contributed by atoms with van der Waals surface area (Å²) in [6.07, 6.45) is 6.73. The minimum atomic E-state index is 0.481. The lowest BCUT2D eigenvalue weighted by atomic mass is 10.1. The highest BCUT2D eigenvalue weighted by molar-refractivity contribution is 5.79. The third kappa shape index (κ3) is 4.01. The van der Waals surface area contributed by atoms with E-state index >= 15 is 0 Å². The standard InChI is InChI=1S/C17H25N7O/c1-18-17(20-12-6-8-24(9-7-12)13-4-5-13)19-11-15-21-16(23-22-15)14-3-2-10-25-14/h2-3,10,12-13H,4-9,11H2,1H3,(H2,18,19,20)(H,21,22,23). The molecule has 0 aromatic carbocycles. The Morgan fingerprint density at radius 2 is 2.20 bits per heavy atom. The fraction of sp³-hybridized carbons (Fsp3) is 0.588. The summed E-state index contributed by atoms with van der Waals surface area (Å²) in [5.74, 6) is 2.78. The first kappa shape index (κ1) is 16.1. The number of rotatable bonds is 5. The maximum absolute atomic E-state index is 5.30. The fourth-order valence-electron chi connectivity index (χ4n) is 3.29. The normalized spacial score (nSPS) is 20.0. The molecule has 8 heteroatoms. The Morgan fingerprint density at radius 1 is 1.36 bits per heavy atom. The van der Waals surface area contributed by atoms with E-state index in [9.17, 15) is 0 Å². The van der Waals surface area contributed by atoms with Gasteiger partial charge >= 0.3 is 0 Å². The number of nitrogens with zero attached hydrogens (tertiary/aromatic N) is 4. The number of piperidine rings is 1. The molecule has 2 aromatic heterocycles. The number of nitrogens with one attached hydrogen (secondary N) is 3. The molecule has 0 bridgehead atoms. The summed E-state index contributed by atoms with van der Waals surface area (Å²) in [7, 11) is 1.79. The van der Waals surface area contributed by atoms with E-state index in [1.54, 1.807) is 13.3 Å². The number of furan rings is 1. The van der Waals surface area contributed by atoms with Gasteiger partial charge in [0.1, 0.15) is 5.82 Å². The van der Waals surface area contributed by atoms with Crippen LogP contribution in [0.4, 0.5) is 0 Å². The molecule has 8 nitrogen and oxygen atoms in total. The number of guanidine groups is 1. The SMILES string of the molecule is CN=C(NCc1nc(-c2ccco2)n[nH]1)NC1CCN(C2CC2)CC1. The summed E-state index contributed by atoms with van der Waals surface area (Å²) in [6, 6.07) is 5.02. The van der Waals surface area contributed by atoms with Gasteiger partial charge in [-0.05, 0) is 37.8 Å². The van der Waals surface area contributed by atoms with Crippen LogP contribution in [0, 0.1) is 0 Å². The van der Waals surface area contributed by atoms with Crippen LogP contribution >= 0.6 is 0 Å². The third-order valence-electron chi connectivity index (χ3n) is 4.85. The van der Waals surface area contributed by atoms with Crippen molar-refractivity contribution < 1.29 is 4.42 Å². The zero-order valence-corrected chi connectivity index (χ0v) is 14.5. The monoisotopic (exact) mass is 343 g/mol. The van der Waals surface area contributed by atoms with Gasteiger partial charge in [-0.3, -0.25) is 10.1 Å². The number of hydrogen-bond acceptors (Lipinski definition) is 5. The van der Waals surface area contributed by atoms with Crippen LogP contribution in [0.15, 0.2) is 27.8 Å². The molecule has 2 aromatic rings. The Morgan fingerprint density at radius 3 is 2.88 bits per heavy atom. The Balaban J connectivity index is 1.25. The maximum atomic E-state index is 5.30. The fourth-order valence-corrected chi connectivity index (χ4v) is 3.29. The molecule has 3 N–H and O–H groups in total. The van der Waals surface area contributed by atoms with E-state index in [-0.39, 0.29) is 0 Å². The van der Waals surface area contributed by atoms with E-state index in [2.05, 4.69) is 35.7 Å². The smallest absolute Gasteiger partial charge is 0.216 e. The van der Waals surface area contributed by atoms with Gasteiger partial charge in [0.05, 0.1) is 12.8 Å². The molecule has 0 radical (unpaired) electrons. The van der Waals surface area contributed by atoms with Crippen LogP contribution < -0.4 is 10.6 Å². The van der Waals surface area contributed by atoms with Crippen molar-refractivity contribution in [2.45, 2.75) is 44.3 Å². The number of hydrogen-bond donors (Lipinski definition) is 3. The average molecular weight is 343 g/mol. The molecular formula is C17H25N7O. The van der Waals surface area contributed by atoms with Crippen molar-refractivity contribution in [3.05, 3.63) is 24.2 Å². The molecule has 1 aliphatic heterocycles. The van der Waals surface area contributed by atoms with Gasteiger partial charge in [0.2, 0.25) is 5.82 Å². The van der Waals surface area contributed by atoms with Gasteiger partial charge in [-0.15, -0.1) is 5.10 Å². The number of H-pyrrole nitrogens is 1. The van der Waals surface area contributed by atoms with E-state index in [1.807, 2.05) is 12.1 Å². The van der Waals surface area contributed by atoms with Gasteiger partial charge in [0.15, 0.2) is 11.7 Å². The highest BCUT2D eigenvalue weighted by Gasteiger charge is 2.31. The molecule has 1 saturated carbocycles. The van der Waals surface area contributed by atoms with Crippen LogP contribution in [0.25, 0.3) is 11.6 Å². The van der Waals surface area contributed by atoms with Crippen molar-refractivity contribution in [2.24, 2.45) is 4.99 Å². The van der Waals surface area contributed by atoms with E-state index in [0.717, 1.165) is 17.8 Å². The van der Waals surface area contributed by atoms with Gasteiger partial charge in [-0.1, -0.05) is 0 Å². The summed E-state index contributed by atoms with van der Waals surface area (Å²) >= 11 is 0. The van der Waals surface area contributed by atoms with E-state index in [4.69, 9.17) is 4.42 Å².